The maximum atomic E-state index is 12.1. The van der Waals surface area contributed by atoms with Crippen molar-refractivity contribution < 1.29 is 52.1 Å². The van der Waals surface area contributed by atoms with Crippen molar-refractivity contribution in [2.45, 2.75) is 0 Å². The van der Waals surface area contributed by atoms with E-state index in [4.69, 9.17) is 0 Å². The molecule has 0 aliphatic heterocycles. The Labute approximate surface area is 142 Å². The van der Waals surface area contributed by atoms with Gasteiger partial charge < -0.3 is 4.55 Å². The Morgan fingerprint density at radius 3 is 1.95 bits per heavy atom. The molecule has 0 spiro atoms. The van der Waals surface area contributed by atoms with Gasteiger partial charge in [-0.3, -0.25) is 9.59 Å². The minimum absolute atomic E-state index is 0. The van der Waals surface area contributed by atoms with Gasteiger partial charge >= 0.3 is 29.6 Å². The molecule has 0 unspecified atom stereocenters. The van der Waals surface area contributed by atoms with E-state index in [9.17, 15) is 22.6 Å². The molecule has 2 aromatic carbocycles. The van der Waals surface area contributed by atoms with Crippen molar-refractivity contribution in [3.63, 3.8) is 0 Å². The maximum Gasteiger partial charge on any atom is 1.00 e. The van der Waals surface area contributed by atoms with E-state index in [1.165, 1.54) is 12.1 Å². The minimum atomic E-state index is -4.96. The van der Waals surface area contributed by atoms with Gasteiger partial charge in [-0.05, 0) is 22.9 Å². The Morgan fingerprint density at radius 1 is 0.905 bits per heavy atom. The Kier molecular flexibility index (Phi) is 4.19. The zero-order valence-electron chi connectivity index (χ0n) is 11.0. The third-order valence-electron chi connectivity index (χ3n) is 3.15. The van der Waals surface area contributed by atoms with Gasteiger partial charge in [0.25, 0.3) is 0 Å². The Bertz CT molecular complexity index is 912. The van der Waals surface area contributed by atoms with Crippen molar-refractivity contribution in [2.24, 2.45) is 0 Å². The van der Waals surface area contributed by atoms with Crippen LogP contribution in [0.5, 0.6) is 0 Å². The van der Waals surface area contributed by atoms with Crippen LogP contribution in [0, 0.1) is 0 Å². The van der Waals surface area contributed by atoms with E-state index in [1.807, 2.05) is 0 Å². The van der Waals surface area contributed by atoms with E-state index < -0.39 is 26.6 Å². The molecule has 0 atom stereocenters. The molecule has 3 rings (SSSR count). The van der Waals surface area contributed by atoms with Crippen molar-refractivity contribution in [1.82, 2.24) is 0 Å². The number of rotatable bonds is 1. The van der Waals surface area contributed by atoms with E-state index in [-0.39, 0.29) is 40.7 Å². The summed E-state index contributed by atoms with van der Waals surface area (Å²) >= 11 is 0. The first-order valence-corrected chi connectivity index (χ1v) is 7.08. The Balaban J connectivity index is 0.00000161. The van der Waals surface area contributed by atoms with Crippen molar-refractivity contribution in [2.75, 3.05) is 0 Å². The zero-order chi connectivity index (χ0) is 14.5. The first kappa shape index (κ1) is 16.1. The summed E-state index contributed by atoms with van der Waals surface area (Å²) in [7, 11) is -4.96. The number of fused-ring (bicyclic) bond motifs is 2. The van der Waals surface area contributed by atoms with E-state index in [0.29, 0.717) is 11.5 Å². The molecule has 0 saturated carbocycles. The monoisotopic (exact) mass is 310 g/mol. The molecule has 1 aliphatic rings. The molecule has 0 amide bonds. The van der Waals surface area contributed by atoms with Crippen LogP contribution in [0.4, 0.5) is 0 Å². The molecule has 0 bridgehead atoms. The summed E-state index contributed by atoms with van der Waals surface area (Å²) in [4.78, 5) is 23.0. The fraction of sp³-hybridized carbons (Fsp3) is 0. The number of allylic oxidation sites excluding steroid dienone is 2. The second-order valence-corrected chi connectivity index (χ2v) is 5.75. The summed E-state index contributed by atoms with van der Waals surface area (Å²) in [5.74, 6) is -1.58. The normalized spacial score (nSPS) is 14.4. The number of Topliss-reactive ketones (excluding diaryl/α,β-unsaturated/α-hetero) is 1. The molecule has 0 aromatic heterocycles. The van der Waals surface area contributed by atoms with Gasteiger partial charge in [0.15, 0.2) is 5.78 Å². The van der Waals surface area contributed by atoms with Gasteiger partial charge in [-0.25, -0.2) is 8.42 Å². The largest absolute Gasteiger partial charge is 1.00 e. The quantitative estimate of drug-likeness (QED) is 0.480. The van der Waals surface area contributed by atoms with Gasteiger partial charge in [0, 0.05) is 17.2 Å². The maximum absolute atomic E-state index is 12.1. The molecule has 7 heteroatoms. The molecule has 0 heterocycles. The summed E-state index contributed by atoms with van der Waals surface area (Å²) in [5, 5.41) is 1.45. The van der Waals surface area contributed by atoms with Gasteiger partial charge in [0.05, 0.1) is 0 Å². The summed E-state index contributed by atoms with van der Waals surface area (Å²) in [5.41, 5.74) is 0.0618. The summed E-state index contributed by atoms with van der Waals surface area (Å²) < 4.78 is 33.1. The topological polar surface area (TPSA) is 91.3 Å². The number of hydrogen-bond acceptors (Lipinski definition) is 5. The van der Waals surface area contributed by atoms with Crippen LogP contribution in [0.25, 0.3) is 10.8 Å². The van der Waals surface area contributed by atoms with E-state index in [0.717, 1.165) is 5.39 Å². The second-order valence-electron chi connectivity index (χ2n) is 4.40. The molecule has 1 aliphatic carbocycles. The number of carbonyl (C=O) groups is 2. The van der Waals surface area contributed by atoms with Gasteiger partial charge in [0.1, 0.15) is 15.0 Å². The van der Waals surface area contributed by atoms with Crippen molar-refractivity contribution in [3.8, 4) is 0 Å². The second kappa shape index (κ2) is 5.47. The summed E-state index contributed by atoms with van der Waals surface area (Å²) in [6, 6.07) is 10.0. The number of ketones is 2. The van der Waals surface area contributed by atoms with Crippen LogP contribution in [0.1, 0.15) is 20.7 Å². The number of benzene rings is 2. The standard InChI is InChI=1S/C14H8O5S.Na/c15-12-7-13(20(17,18)19)14(16)11-6-9-4-2-1-3-8(9)5-10(11)12;/h1-7H,(H,17,18,19);/q;+1/p-1. The smallest absolute Gasteiger partial charge is 0.744 e. The van der Waals surface area contributed by atoms with Crippen molar-refractivity contribution >= 4 is 32.5 Å². The fourth-order valence-corrected chi connectivity index (χ4v) is 2.80. The molecule has 0 fully saturated rings. The molecule has 2 aromatic rings. The van der Waals surface area contributed by atoms with E-state index in [1.54, 1.807) is 24.3 Å². The van der Waals surface area contributed by atoms with Gasteiger partial charge in [-0.15, -0.1) is 0 Å². The average Bonchev–Trinajstić information content (AvgIpc) is 2.40. The molecule has 100 valence electrons. The summed E-state index contributed by atoms with van der Waals surface area (Å²) in [6.07, 6.45) is 0.599. The molecule has 0 N–H and O–H groups in total. The molecular weight excluding hydrogens is 303 g/mol. The predicted octanol–water partition coefficient (Wildman–Crippen LogP) is -1.35. The number of carbonyl (C=O) groups excluding carboxylic acids is 2. The summed E-state index contributed by atoms with van der Waals surface area (Å²) in [6.45, 7) is 0. The van der Waals surface area contributed by atoms with Crippen LogP contribution in [-0.4, -0.2) is 24.5 Å². The average molecular weight is 310 g/mol. The van der Waals surface area contributed by atoms with Gasteiger partial charge in [0.2, 0.25) is 5.78 Å². The van der Waals surface area contributed by atoms with Crippen LogP contribution >= 0.6 is 0 Å². The van der Waals surface area contributed by atoms with Gasteiger partial charge in [-0.1, -0.05) is 24.3 Å². The SMILES string of the molecule is O=C1C=C(S(=O)(=O)[O-])C(=O)c2cc3ccccc3cc21.[Na+]. The van der Waals surface area contributed by atoms with Crippen LogP contribution in [0.3, 0.4) is 0 Å². The molecular formula is C14H7NaO5S. The molecule has 5 nitrogen and oxygen atoms in total. The zero-order valence-corrected chi connectivity index (χ0v) is 13.8. The molecule has 0 saturated heterocycles. The van der Waals surface area contributed by atoms with E-state index in [2.05, 4.69) is 0 Å². The Morgan fingerprint density at radius 2 is 1.43 bits per heavy atom. The predicted molar refractivity (Wildman–Crippen MR) is 70.4 cm³/mol. The van der Waals surface area contributed by atoms with Crippen LogP contribution in [-0.2, 0) is 10.1 Å². The van der Waals surface area contributed by atoms with Gasteiger partial charge in [-0.2, -0.15) is 0 Å². The van der Waals surface area contributed by atoms with Crippen LogP contribution < -0.4 is 29.6 Å². The van der Waals surface area contributed by atoms with E-state index >= 15 is 0 Å². The van der Waals surface area contributed by atoms with Crippen molar-refractivity contribution in [1.29, 1.82) is 0 Å². The first-order valence-electron chi connectivity index (χ1n) is 5.67. The minimum Gasteiger partial charge on any atom is -0.744 e. The fourth-order valence-electron chi connectivity index (χ4n) is 2.21. The molecule has 21 heavy (non-hydrogen) atoms. The first-order chi connectivity index (χ1) is 9.38. The third-order valence-corrected chi connectivity index (χ3v) is 3.99. The number of hydrogen-bond donors (Lipinski definition) is 0. The third kappa shape index (κ3) is 2.73. The Hall–Kier alpha value is -1.31. The van der Waals surface area contributed by atoms with Crippen LogP contribution in [0.15, 0.2) is 47.4 Å². The van der Waals surface area contributed by atoms with Crippen molar-refractivity contribution in [3.05, 3.63) is 58.5 Å². The van der Waals surface area contributed by atoms with Crippen LogP contribution in [0.2, 0.25) is 0 Å². The molecule has 0 radical (unpaired) electrons.